The van der Waals surface area contributed by atoms with Gasteiger partial charge >= 0.3 is 12.1 Å². The molecule has 2 atom stereocenters. The van der Waals surface area contributed by atoms with Crippen molar-refractivity contribution in [1.29, 1.82) is 0 Å². The Balaban J connectivity index is 1.57. The van der Waals surface area contributed by atoms with E-state index in [1.807, 2.05) is 12.1 Å². The van der Waals surface area contributed by atoms with Crippen molar-refractivity contribution in [3.8, 4) is 5.88 Å². The van der Waals surface area contributed by atoms with E-state index >= 15 is 0 Å². The molecular weight excluding hydrogens is 490 g/mol. The van der Waals surface area contributed by atoms with Gasteiger partial charge in [0.25, 0.3) is 0 Å². The van der Waals surface area contributed by atoms with Crippen LogP contribution in [0.4, 0.5) is 4.79 Å². The number of sulfonamides is 1. The van der Waals surface area contributed by atoms with Crippen LogP contribution in [-0.4, -0.2) is 84.7 Å². The Morgan fingerprint density at radius 2 is 1.89 bits per heavy atom. The third-order valence-corrected chi connectivity index (χ3v) is 7.44. The number of carbonyl (C=O) groups is 2. The highest BCUT2D eigenvalue weighted by Gasteiger charge is 2.42. The summed E-state index contributed by atoms with van der Waals surface area (Å²) in [5.74, 6) is -0.512. The zero-order valence-electron chi connectivity index (χ0n) is 21.3. The predicted molar refractivity (Wildman–Crippen MR) is 131 cm³/mol. The second kappa shape index (κ2) is 11.7. The minimum Gasteiger partial charge on any atom is -0.479 e. The van der Waals surface area contributed by atoms with Crippen LogP contribution in [0.25, 0.3) is 0 Å². The van der Waals surface area contributed by atoms with Crippen LogP contribution in [0.5, 0.6) is 5.88 Å². The zero-order valence-corrected chi connectivity index (χ0v) is 22.1. The van der Waals surface area contributed by atoms with Gasteiger partial charge in [0.15, 0.2) is 6.61 Å². The fourth-order valence-corrected chi connectivity index (χ4v) is 5.83. The number of ether oxygens (including phenoxy) is 3. The molecule has 0 aromatic carbocycles. The number of rotatable bonds is 9. The first kappa shape index (κ1) is 28.1. The van der Waals surface area contributed by atoms with Crippen LogP contribution < -0.4 is 10.1 Å². The Morgan fingerprint density at radius 1 is 1.19 bits per heavy atom. The number of carboxylic acid groups (broad SMARTS) is 1. The molecule has 1 aliphatic heterocycles. The molecule has 1 saturated heterocycles. The van der Waals surface area contributed by atoms with Crippen LogP contribution in [0, 0.1) is 0 Å². The minimum absolute atomic E-state index is 0.00225. The van der Waals surface area contributed by atoms with E-state index in [0.717, 1.165) is 41.8 Å². The van der Waals surface area contributed by atoms with Gasteiger partial charge in [-0.05, 0) is 71.4 Å². The Morgan fingerprint density at radius 3 is 2.50 bits per heavy atom. The molecule has 1 aromatic heterocycles. The molecule has 12 heteroatoms. The Labute approximate surface area is 212 Å². The Bertz CT molecular complexity index is 1020. The zero-order chi connectivity index (χ0) is 26.5. The normalized spacial score (nSPS) is 24.8. The van der Waals surface area contributed by atoms with Gasteiger partial charge in [-0.25, -0.2) is 23.0 Å². The molecule has 2 aliphatic rings. The third kappa shape index (κ3) is 7.78. The van der Waals surface area contributed by atoms with E-state index in [4.69, 9.17) is 19.3 Å². The smallest absolute Gasteiger partial charge is 0.424 e. The van der Waals surface area contributed by atoms with Crippen molar-refractivity contribution in [1.82, 2.24) is 14.6 Å². The maximum atomic E-state index is 12.7. The van der Waals surface area contributed by atoms with Gasteiger partial charge in [0, 0.05) is 11.8 Å². The van der Waals surface area contributed by atoms with Crippen LogP contribution in [0.15, 0.2) is 18.3 Å². The molecule has 36 heavy (non-hydrogen) atoms. The summed E-state index contributed by atoms with van der Waals surface area (Å²) in [6.07, 6.45) is 5.43. The maximum absolute atomic E-state index is 12.7. The van der Waals surface area contributed by atoms with Crippen molar-refractivity contribution in [2.75, 3.05) is 26.0 Å². The summed E-state index contributed by atoms with van der Waals surface area (Å²) < 4.78 is 42.7. The molecule has 1 saturated carbocycles. The third-order valence-electron chi connectivity index (χ3n) is 6.30. The number of carboxylic acids is 1. The van der Waals surface area contributed by atoms with Crippen molar-refractivity contribution in [2.45, 2.75) is 82.6 Å². The lowest BCUT2D eigenvalue weighted by atomic mass is 9.83. The van der Waals surface area contributed by atoms with Gasteiger partial charge in [0.05, 0.1) is 31.1 Å². The van der Waals surface area contributed by atoms with Crippen molar-refractivity contribution in [2.24, 2.45) is 0 Å². The van der Waals surface area contributed by atoms with Gasteiger partial charge in [-0.1, -0.05) is 6.07 Å². The number of aromatic nitrogens is 1. The number of nitrogens with one attached hydrogen (secondary N) is 1. The first-order valence-electron chi connectivity index (χ1n) is 12.2. The summed E-state index contributed by atoms with van der Waals surface area (Å²) in [4.78, 5) is 27.8. The summed E-state index contributed by atoms with van der Waals surface area (Å²) in [5, 5.41) is 12.2. The fraction of sp³-hybridized carbons (Fsp3) is 0.708. The average Bonchev–Trinajstić information content (AvgIpc) is 3.22. The lowest BCUT2D eigenvalue weighted by molar-refractivity contribution is -0.139. The molecule has 11 nitrogen and oxygen atoms in total. The molecule has 2 fully saturated rings. The summed E-state index contributed by atoms with van der Waals surface area (Å²) in [6.45, 7) is 5.49. The summed E-state index contributed by atoms with van der Waals surface area (Å²) in [7, 11) is -3.84. The number of pyridine rings is 1. The standard InChI is InChI=1S/C24H37N3O8S/c1-24(2,3)35-23(30)27(36(4,31)32)20-11-13-25-19(20)14-33-17-9-7-16(8-10-17)18-6-5-12-26-22(18)34-15-21(28)29/h5-6,12,16-17,19-20,25H,7-11,13-15H2,1-4H3,(H,28,29)/t16-,17+,19-,20-/m0/s1. The van der Waals surface area contributed by atoms with Crippen LogP contribution in [0.3, 0.4) is 0 Å². The molecule has 1 aliphatic carbocycles. The number of amides is 1. The molecule has 0 spiro atoms. The summed E-state index contributed by atoms with van der Waals surface area (Å²) in [5.41, 5.74) is 0.0830. The van der Waals surface area contributed by atoms with Gasteiger partial charge in [-0.3, -0.25) is 0 Å². The molecule has 2 N–H and O–H groups in total. The highest BCUT2D eigenvalue weighted by Crippen LogP contribution is 2.37. The molecule has 3 rings (SSSR count). The fourth-order valence-electron chi connectivity index (χ4n) is 4.77. The van der Waals surface area contributed by atoms with E-state index in [0.29, 0.717) is 18.8 Å². The number of hydrogen-bond acceptors (Lipinski definition) is 9. The highest BCUT2D eigenvalue weighted by molar-refractivity contribution is 7.88. The van der Waals surface area contributed by atoms with Crippen molar-refractivity contribution < 1.29 is 37.3 Å². The molecule has 0 unspecified atom stereocenters. The van der Waals surface area contributed by atoms with E-state index in [-0.39, 0.29) is 24.7 Å². The van der Waals surface area contributed by atoms with Gasteiger partial charge < -0.3 is 24.6 Å². The van der Waals surface area contributed by atoms with Gasteiger partial charge in [-0.2, -0.15) is 4.31 Å². The molecule has 0 bridgehead atoms. The molecule has 0 radical (unpaired) electrons. The van der Waals surface area contributed by atoms with Crippen LogP contribution in [-0.2, 0) is 24.3 Å². The summed E-state index contributed by atoms with van der Waals surface area (Å²) >= 11 is 0. The van der Waals surface area contributed by atoms with Crippen LogP contribution in [0.2, 0.25) is 0 Å². The average molecular weight is 528 g/mol. The Kier molecular flexibility index (Phi) is 9.18. The lowest BCUT2D eigenvalue weighted by Crippen LogP contribution is -2.52. The van der Waals surface area contributed by atoms with Gasteiger partial charge in [-0.15, -0.1) is 0 Å². The maximum Gasteiger partial charge on any atom is 0.424 e. The monoisotopic (exact) mass is 527 g/mol. The summed E-state index contributed by atoms with van der Waals surface area (Å²) in [6, 6.07) is 2.81. The largest absolute Gasteiger partial charge is 0.479 e. The molecule has 202 valence electrons. The van der Waals surface area contributed by atoms with Crippen LogP contribution >= 0.6 is 0 Å². The number of carbonyl (C=O) groups excluding carboxylic acids is 1. The van der Waals surface area contributed by atoms with Gasteiger partial charge in [0.2, 0.25) is 15.9 Å². The van der Waals surface area contributed by atoms with E-state index in [1.165, 1.54) is 0 Å². The van der Waals surface area contributed by atoms with E-state index in [1.54, 1.807) is 27.0 Å². The second-order valence-corrected chi connectivity index (χ2v) is 12.2. The van der Waals surface area contributed by atoms with E-state index in [9.17, 15) is 18.0 Å². The molecule has 2 heterocycles. The number of aliphatic carboxylic acids is 1. The SMILES string of the molecule is CC(C)(C)OC(=O)N([C@H]1CCN[C@H]1CO[C@H]1CC[C@@H](c2cccnc2OCC(=O)O)CC1)S(C)(=O)=O. The van der Waals surface area contributed by atoms with E-state index in [2.05, 4.69) is 10.3 Å². The number of nitrogens with zero attached hydrogens (tertiary/aromatic N) is 2. The topological polar surface area (TPSA) is 144 Å². The quantitative estimate of drug-likeness (QED) is 0.491. The second-order valence-electron chi connectivity index (χ2n) is 10.3. The predicted octanol–water partition coefficient (Wildman–Crippen LogP) is 2.52. The molecular formula is C24H37N3O8S. The first-order chi connectivity index (χ1) is 16.8. The van der Waals surface area contributed by atoms with Gasteiger partial charge in [0.1, 0.15) is 5.60 Å². The van der Waals surface area contributed by atoms with E-state index < -0.39 is 40.3 Å². The highest BCUT2D eigenvalue weighted by atomic mass is 32.2. The molecule has 1 aromatic rings. The lowest BCUT2D eigenvalue weighted by Gasteiger charge is -2.34. The minimum atomic E-state index is -3.84. The van der Waals surface area contributed by atoms with Crippen molar-refractivity contribution in [3.05, 3.63) is 23.9 Å². The first-order valence-corrected chi connectivity index (χ1v) is 14.1. The number of hydrogen-bond donors (Lipinski definition) is 2. The van der Waals surface area contributed by atoms with Crippen LogP contribution in [0.1, 0.15) is 64.4 Å². The van der Waals surface area contributed by atoms with Crippen molar-refractivity contribution in [3.63, 3.8) is 0 Å². The van der Waals surface area contributed by atoms with Crippen molar-refractivity contribution >= 4 is 22.1 Å². The molecule has 1 amide bonds. The Hall–Kier alpha value is -2.44.